The van der Waals surface area contributed by atoms with Gasteiger partial charge < -0.3 is 25.8 Å². The fourth-order valence-electron chi connectivity index (χ4n) is 6.07. The van der Waals surface area contributed by atoms with Gasteiger partial charge in [0.05, 0.1) is 12.7 Å². The first-order chi connectivity index (χ1) is 24.2. The standard InChI is InChI=1S/C34H40F6N4O7S/c1-21-18-24(30(47)43-12-6-25(45)7-13-43)19-22(2)26(21)8-17-52(49,50)44-14-10-32(11-15-44,31(41)48)42-29(46)23-4-5-27(35)28(20-23)51-16-3-9-33(36,37)34(38,39)40/h4-5,8,17-20,25,45H,3,6-7,9-16H2,1-2H3,(H2,41,48)(H,42,46)/b17-8+. The molecule has 4 rings (SSSR count). The normalized spacial score (nSPS) is 17.7. The number of carbonyl (C=O) groups is 3. The lowest BCUT2D eigenvalue weighted by Crippen LogP contribution is -2.62. The zero-order chi connectivity index (χ0) is 38.6. The summed E-state index contributed by atoms with van der Waals surface area (Å²) in [4.78, 5) is 40.4. The van der Waals surface area contributed by atoms with Crippen LogP contribution in [0.2, 0.25) is 0 Å². The van der Waals surface area contributed by atoms with Crippen molar-refractivity contribution in [1.29, 1.82) is 0 Å². The molecular weight excluding hydrogens is 722 g/mol. The molecule has 3 amide bonds. The number of carbonyl (C=O) groups excluding carboxylic acids is 3. The number of hydrogen-bond donors (Lipinski definition) is 3. The van der Waals surface area contributed by atoms with Gasteiger partial charge in [0.2, 0.25) is 15.9 Å². The number of ether oxygens (including phenoxy) is 1. The minimum atomic E-state index is -5.75. The second-order valence-corrected chi connectivity index (χ2v) is 14.8. The van der Waals surface area contributed by atoms with Gasteiger partial charge in [0, 0.05) is 49.1 Å². The van der Waals surface area contributed by atoms with Crippen LogP contribution in [0.4, 0.5) is 26.3 Å². The van der Waals surface area contributed by atoms with Gasteiger partial charge in [0.1, 0.15) is 5.54 Å². The molecule has 2 aromatic carbocycles. The number of primary amides is 1. The van der Waals surface area contributed by atoms with Crippen molar-refractivity contribution in [3.8, 4) is 5.75 Å². The molecule has 0 saturated carbocycles. The molecular formula is C34H40F6N4O7S. The molecule has 11 nitrogen and oxygen atoms in total. The van der Waals surface area contributed by atoms with Crippen molar-refractivity contribution < 1.29 is 59.0 Å². The average Bonchev–Trinajstić information content (AvgIpc) is 3.06. The highest BCUT2D eigenvalue weighted by Crippen LogP contribution is 2.39. The van der Waals surface area contributed by atoms with Gasteiger partial charge in [-0.3, -0.25) is 14.4 Å². The Morgan fingerprint density at radius 1 is 1.00 bits per heavy atom. The number of sulfonamides is 1. The molecule has 0 aromatic heterocycles. The zero-order valence-corrected chi connectivity index (χ0v) is 29.3. The SMILES string of the molecule is Cc1cc(C(=O)N2CCC(O)CC2)cc(C)c1/C=C/S(=O)(=O)N1CCC(NC(=O)c2ccc(F)c(OCCCC(F)(F)C(F)(F)F)c2)(C(N)=O)CC1. The topological polar surface area (TPSA) is 159 Å². The smallest absolute Gasteiger partial charge is 0.453 e. The number of halogens is 6. The van der Waals surface area contributed by atoms with E-state index in [9.17, 15) is 54.3 Å². The number of likely N-dealkylation sites (tertiary alicyclic amines) is 1. The van der Waals surface area contributed by atoms with Crippen molar-refractivity contribution >= 4 is 33.8 Å². The Bertz CT molecular complexity index is 1780. The number of rotatable bonds is 12. The molecule has 18 heteroatoms. The van der Waals surface area contributed by atoms with E-state index in [4.69, 9.17) is 10.5 Å². The number of alkyl halides is 5. The van der Waals surface area contributed by atoms with Gasteiger partial charge >= 0.3 is 12.1 Å². The van der Waals surface area contributed by atoms with Crippen LogP contribution < -0.4 is 15.8 Å². The second-order valence-electron chi connectivity index (χ2n) is 13.0. The fraction of sp³-hybridized carbons (Fsp3) is 0.500. The molecule has 0 spiro atoms. The molecule has 0 atom stereocenters. The van der Waals surface area contributed by atoms with Crippen LogP contribution in [-0.2, 0) is 14.8 Å². The number of aliphatic hydroxyl groups is 1. The van der Waals surface area contributed by atoms with Crippen LogP contribution in [0.25, 0.3) is 6.08 Å². The zero-order valence-electron chi connectivity index (χ0n) is 28.4. The Morgan fingerprint density at radius 2 is 1.60 bits per heavy atom. The van der Waals surface area contributed by atoms with Crippen molar-refractivity contribution in [3.63, 3.8) is 0 Å². The predicted octanol–water partition coefficient (Wildman–Crippen LogP) is 4.45. The van der Waals surface area contributed by atoms with E-state index in [1.54, 1.807) is 30.9 Å². The second kappa shape index (κ2) is 15.8. The first-order valence-electron chi connectivity index (χ1n) is 16.4. The summed E-state index contributed by atoms with van der Waals surface area (Å²) >= 11 is 0. The largest absolute Gasteiger partial charge is 0.490 e. The third-order valence-corrected chi connectivity index (χ3v) is 10.8. The van der Waals surface area contributed by atoms with Crippen LogP contribution in [0.3, 0.4) is 0 Å². The van der Waals surface area contributed by atoms with Crippen LogP contribution in [0.5, 0.6) is 5.75 Å². The van der Waals surface area contributed by atoms with Gasteiger partial charge in [-0.15, -0.1) is 0 Å². The van der Waals surface area contributed by atoms with E-state index in [2.05, 4.69) is 5.32 Å². The van der Waals surface area contributed by atoms with Crippen molar-refractivity contribution in [2.45, 2.75) is 76.1 Å². The van der Waals surface area contributed by atoms with Gasteiger partial charge in [-0.25, -0.2) is 12.8 Å². The first kappa shape index (κ1) is 40.6. The van der Waals surface area contributed by atoms with E-state index in [-0.39, 0.29) is 37.4 Å². The number of hydrogen-bond acceptors (Lipinski definition) is 7. The molecule has 4 N–H and O–H groups in total. The van der Waals surface area contributed by atoms with Crippen LogP contribution >= 0.6 is 0 Å². The summed E-state index contributed by atoms with van der Waals surface area (Å²) < 4.78 is 110. The Kier molecular flexibility index (Phi) is 12.4. The van der Waals surface area contributed by atoms with E-state index in [1.165, 1.54) is 6.08 Å². The molecule has 2 aliphatic heterocycles. The lowest BCUT2D eigenvalue weighted by Gasteiger charge is -2.39. The molecule has 0 aliphatic carbocycles. The van der Waals surface area contributed by atoms with Gasteiger partial charge in [-0.1, -0.05) is 0 Å². The van der Waals surface area contributed by atoms with E-state index in [0.717, 1.165) is 27.9 Å². The van der Waals surface area contributed by atoms with Gasteiger partial charge in [-0.05, 0) is 99.0 Å². The molecule has 0 bridgehead atoms. The molecule has 286 valence electrons. The summed E-state index contributed by atoms with van der Waals surface area (Å²) in [6.07, 6.45) is -6.60. The van der Waals surface area contributed by atoms with Gasteiger partial charge in [-0.2, -0.15) is 26.3 Å². The molecule has 2 heterocycles. The summed E-state index contributed by atoms with van der Waals surface area (Å²) in [7, 11) is -4.04. The lowest BCUT2D eigenvalue weighted by molar-refractivity contribution is -0.284. The highest BCUT2D eigenvalue weighted by Gasteiger charge is 2.56. The molecule has 0 radical (unpaired) electrons. The Balaban J connectivity index is 1.39. The van der Waals surface area contributed by atoms with Gasteiger partial charge in [0.15, 0.2) is 11.6 Å². The van der Waals surface area contributed by atoms with E-state index in [1.807, 2.05) is 0 Å². The van der Waals surface area contributed by atoms with Gasteiger partial charge in [0.25, 0.3) is 11.8 Å². The van der Waals surface area contributed by atoms with Crippen molar-refractivity contribution in [2.75, 3.05) is 32.8 Å². The number of nitrogens with zero attached hydrogens (tertiary/aromatic N) is 2. The monoisotopic (exact) mass is 762 g/mol. The molecule has 2 aliphatic rings. The minimum Gasteiger partial charge on any atom is -0.490 e. The minimum absolute atomic E-state index is 0.180. The highest BCUT2D eigenvalue weighted by atomic mass is 32.2. The first-order valence-corrected chi connectivity index (χ1v) is 17.9. The predicted molar refractivity (Wildman–Crippen MR) is 177 cm³/mol. The summed E-state index contributed by atoms with van der Waals surface area (Å²) in [5.74, 6) is -8.64. The molecule has 52 heavy (non-hydrogen) atoms. The molecule has 2 fully saturated rings. The summed E-state index contributed by atoms with van der Waals surface area (Å²) in [6, 6.07) is 6.07. The number of amides is 3. The third kappa shape index (κ3) is 9.43. The number of nitrogens with one attached hydrogen (secondary N) is 1. The maximum Gasteiger partial charge on any atom is 0.453 e. The molecule has 2 saturated heterocycles. The van der Waals surface area contributed by atoms with Crippen LogP contribution in [0.1, 0.15) is 75.9 Å². The number of nitrogens with two attached hydrogens (primary N) is 1. The summed E-state index contributed by atoms with van der Waals surface area (Å²) in [5.41, 5.74) is 6.06. The average molecular weight is 763 g/mol. The fourth-order valence-corrected chi connectivity index (χ4v) is 7.24. The van der Waals surface area contributed by atoms with Crippen molar-refractivity contribution in [3.05, 3.63) is 69.4 Å². The Hall–Kier alpha value is -4.16. The third-order valence-electron chi connectivity index (χ3n) is 9.26. The molecule has 0 unspecified atom stereocenters. The van der Waals surface area contributed by atoms with Crippen LogP contribution in [0, 0.1) is 19.7 Å². The number of piperidine rings is 2. The lowest BCUT2D eigenvalue weighted by atomic mass is 9.87. The Morgan fingerprint density at radius 3 is 2.15 bits per heavy atom. The van der Waals surface area contributed by atoms with E-state index in [0.29, 0.717) is 48.2 Å². The summed E-state index contributed by atoms with van der Waals surface area (Å²) in [6.45, 7) is 3.21. The van der Waals surface area contributed by atoms with Crippen molar-refractivity contribution in [2.24, 2.45) is 5.73 Å². The number of aliphatic hydroxyl groups excluding tert-OH is 1. The van der Waals surface area contributed by atoms with Crippen molar-refractivity contribution in [1.82, 2.24) is 14.5 Å². The molecule has 2 aromatic rings. The Labute approximate surface area is 296 Å². The number of benzene rings is 2. The number of aryl methyl sites for hydroxylation is 2. The summed E-state index contributed by atoms with van der Waals surface area (Å²) in [5, 5.41) is 13.2. The maximum absolute atomic E-state index is 14.3. The van der Waals surface area contributed by atoms with E-state index < -0.39 is 76.6 Å². The maximum atomic E-state index is 14.3. The highest BCUT2D eigenvalue weighted by molar-refractivity contribution is 7.92. The van der Waals surface area contributed by atoms with E-state index >= 15 is 0 Å². The quantitative estimate of drug-likeness (QED) is 0.213. The van der Waals surface area contributed by atoms with Crippen LogP contribution in [0.15, 0.2) is 35.7 Å². The van der Waals surface area contributed by atoms with Crippen LogP contribution in [-0.4, -0.2) is 97.0 Å².